The van der Waals surface area contributed by atoms with E-state index in [4.69, 9.17) is 4.74 Å². The highest BCUT2D eigenvalue weighted by Crippen LogP contribution is 2.33. The Morgan fingerprint density at radius 2 is 1.86 bits per heavy atom. The molecule has 1 N–H and O–H groups in total. The Morgan fingerprint density at radius 3 is 2.33 bits per heavy atom. The largest absolute Gasteiger partial charge is 0.381 e. The molecule has 3 heteroatoms. The molecule has 2 rings (SSSR count). The average Bonchev–Trinajstić information content (AvgIpc) is 2.40. The van der Waals surface area contributed by atoms with E-state index in [2.05, 4.69) is 37.9 Å². The molecule has 0 atom stereocenters. The van der Waals surface area contributed by atoms with Crippen molar-refractivity contribution in [3.05, 3.63) is 0 Å². The second kappa shape index (κ2) is 7.43. The zero-order valence-electron chi connectivity index (χ0n) is 14.7. The summed E-state index contributed by atoms with van der Waals surface area (Å²) in [7, 11) is 0. The molecule has 0 aromatic rings. The smallest absolute Gasteiger partial charge is 0.0472 e. The molecule has 1 saturated carbocycles. The van der Waals surface area contributed by atoms with E-state index in [1.54, 1.807) is 0 Å². The molecule has 1 saturated heterocycles. The maximum Gasteiger partial charge on any atom is 0.0472 e. The summed E-state index contributed by atoms with van der Waals surface area (Å²) in [6.07, 6.45) is 6.76. The lowest BCUT2D eigenvalue weighted by molar-refractivity contribution is -0.0104. The van der Waals surface area contributed by atoms with Crippen LogP contribution in [0.5, 0.6) is 0 Å². The van der Waals surface area contributed by atoms with Crippen molar-refractivity contribution in [2.24, 2.45) is 11.3 Å². The maximum atomic E-state index is 5.64. The van der Waals surface area contributed by atoms with Crippen molar-refractivity contribution in [3.63, 3.8) is 0 Å². The Bertz CT molecular complexity index is 301. The molecule has 0 amide bonds. The van der Waals surface area contributed by atoms with Crippen LogP contribution in [-0.4, -0.2) is 49.8 Å². The Labute approximate surface area is 131 Å². The number of rotatable bonds is 7. The zero-order valence-corrected chi connectivity index (χ0v) is 14.7. The van der Waals surface area contributed by atoms with E-state index in [0.29, 0.717) is 5.41 Å². The Kier molecular flexibility index (Phi) is 6.10. The van der Waals surface area contributed by atoms with E-state index in [1.165, 1.54) is 51.7 Å². The summed E-state index contributed by atoms with van der Waals surface area (Å²) in [5, 5.41) is 3.76. The van der Waals surface area contributed by atoms with Crippen molar-refractivity contribution in [2.75, 3.05) is 39.4 Å². The molecule has 0 unspecified atom stereocenters. The normalized spacial score (nSPS) is 23.3. The minimum atomic E-state index is 0.205. The monoisotopic (exact) mass is 296 g/mol. The van der Waals surface area contributed by atoms with Gasteiger partial charge in [0.25, 0.3) is 0 Å². The molecule has 0 radical (unpaired) electrons. The lowest BCUT2D eigenvalue weighted by Gasteiger charge is -2.44. The fourth-order valence-corrected chi connectivity index (χ4v) is 3.47. The van der Waals surface area contributed by atoms with Gasteiger partial charge in [0, 0.05) is 38.4 Å². The van der Waals surface area contributed by atoms with Crippen LogP contribution in [-0.2, 0) is 4.74 Å². The molecule has 1 aliphatic carbocycles. The van der Waals surface area contributed by atoms with Crippen LogP contribution in [0, 0.1) is 11.3 Å². The molecule has 2 fully saturated rings. The molecule has 0 aromatic heterocycles. The first kappa shape index (κ1) is 17.2. The van der Waals surface area contributed by atoms with Gasteiger partial charge in [0.15, 0.2) is 0 Å². The number of hydrogen-bond acceptors (Lipinski definition) is 3. The van der Waals surface area contributed by atoms with Crippen molar-refractivity contribution >= 4 is 0 Å². The van der Waals surface area contributed by atoms with Crippen molar-refractivity contribution in [1.82, 2.24) is 10.2 Å². The Hall–Kier alpha value is -0.120. The van der Waals surface area contributed by atoms with Gasteiger partial charge in [-0.2, -0.15) is 0 Å². The van der Waals surface area contributed by atoms with Crippen LogP contribution in [0.3, 0.4) is 0 Å². The van der Waals surface area contributed by atoms with E-state index in [1.807, 2.05) is 0 Å². The van der Waals surface area contributed by atoms with Crippen LogP contribution in [0.2, 0.25) is 0 Å². The Balaban J connectivity index is 1.92. The molecule has 0 spiro atoms. The lowest BCUT2D eigenvalue weighted by atomic mass is 9.78. The van der Waals surface area contributed by atoms with Crippen LogP contribution in [0.25, 0.3) is 0 Å². The van der Waals surface area contributed by atoms with E-state index in [9.17, 15) is 0 Å². The molecule has 2 aliphatic rings. The maximum absolute atomic E-state index is 5.64. The van der Waals surface area contributed by atoms with Crippen LogP contribution in [0.15, 0.2) is 0 Å². The average molecular weight is 296 g/mol. The fraction of sp³-hybridized carbons (Fsp3) is 1.00. The molecule has 0 bridgehead atoms. The number of ether oxygens (including phenoxy) is 1. The highest BCUT2D eigenvalue weighted by Gasteiger charge is 2.35. The molecule has 21 heavy (non-hydrogen) atoms. The minimum absolute atomic E-state index is 0.205. The summed E-state index contributed by atoms with van der Waals surface area (Å²) in [4.78, 5) is 2.71. The highest BCUT2D eigenvalue weighted by atomic mass is 16.5. The fourth-order valence-electron chi connectivity index (χ4n) is 3.47. The van der Waals surface area contributed by atoms with Gasteiger partial charge < -0.3 is 15.0 Å². The molecule has 3 nitrogen and oxygen atoms in total. The van der Waals surface area contributed by atoms with E-state index >= 15 is 0 Å². The third kappa shape index (κ3) is 5.54. The van der Waals surface area contributed by atoms with Crippen LogP contribution in [0.4, 0.5) is 0 Å². The van der Waals surface area contributed by atoms with Gasteiger partial charge in [0.05, 0.1) is 0 Å². The summed E-state index contributed by atoms with van der Waals surface area (Å²) in [6.45, 7) is 15.9. The number of nitrogens with one attached hydrogen (secondary N) is 1. The summed E-state index contributed by atoms with van der Waals surface area (Å²) in [6, 6.07) is 0. The van der Waals surface area contributed by atoms with Crippen LogP contribution >= 0.6 is 0 Å². The molecule has 124 valence electrons. The first-order chi connectivity index (χ1) is 9.92. The van der Waals surface area contributed by atoms with Gasteiger partial charge >= 0.3 is 0 Å². The zero-order chi connectivity index (χ0) is 15.3. The predicted octanol–water partition coefficient (Wildman–Crippen LogP) is 3.29. The lowest BCUT2D eigenvalue weighted by Crippen LogP contribution is -2.51. The minimum Gasteiger partial charge on any atom is -0.381 e. The van der Waals surface area contributed by atoms with Gasteiger partial charge in [-0.05, 0) is 64.3 Å². The summed E-state index contributed by atoms with van der Waals surface area (Å²) < 4.78 is 5.64. The molecule has 1 heterocycles. The number of nitrogens with zero attached hydrogens (tertiary/aromatic N) is 1. The van der Waals surface area contributed by atoms with E-state index in [0.717, 1.165) is 25.7 Å². The SMILES string of the molecule is CCN(CC1CCC1)CC1(CNC(C)(C)C)CCOCC1. The van der Waals surface area contributed by atoms with Crippen molar-refractivity contribution in [1.29, 1.82) is 0 Å². The third-order valence-corrected chi connectivity index (χ3v) is 5.29. The van der Waals surface area contributed by atoms with Crippen LogP contribution < -0.4 is 5.32 Å². The second-order valence-electron chi connectivity index (χ2n) is 8.34. The van der Waals surface area contributed by atoms with Crippen LogP contribution in [0.1, 0.15) is 59.8 Å². The van der Waals surface area contributed by atoms with Gasteiger partial charge in [-0.1, -0.05) is 13.3 Å². The van der Waals surface area contributed by atoms with Gasteiger partial charge in [-0.15, -0.1) is 0 Å². The first-order valence-corrected chi connectivity index (χ1v) is 8.98. The summed E-state index contributed by atoms with van der Waals surface area (Å²) >= 11 is 0. The van der Waals surface area contributed by atoms with Crippen molar-refractivity contribution in [3.8, 4) is 0 Å². The van der Waals surface area contributed by atoms with Crippen molar-refractivity contribution in [2.45, 2.75) is 65.3 Å². The molecular weight excluding hydrogens is 260 g/mol. The standard InChI is InChI=1S/C18H36N2O/c1-5-20(13-16-7-6-8-16)15-18(9-11-21-12-10-18)14-19-17(2,3)4/h16,19H,5-15H2,1-4H3. The summed E-state index contributed by atoms with van der Waals surface area (Å²) in [5.74, 6) is 0.970. The predicted molar refractivity (Wildman–Crippen MR) is 89.7 cm³/mol. The molecule has 0 aromatic carbocycles. The van der Waals surface area contributed by atoms with E-state index in [-0.39, 0.29) is 5.54 Å². The highest BCUT2D eigenvalue weighted by molar-refractivity contribution is 4.90. The first-order valence-electron chi connectivity index (χ1n) is 8.98. The van der Waals surface area contributed by atoms with Gasteiger partial charge in [0.1, 0.15) is 0 Å². The van der Waals surface area contributed by atoms with Gasteiger partial charge in [-0.3, -0.25) is 0 Å². The second-order valence-corrected chi connectivity index (χ2v) is 8.34. The van der Waals surface area contributed by atoms with Gasteiger partial charge in [-0.25, -0.2) is 0 Å². The van der Waals surface area contributed by atoms with Crippen molar-refractivity contribution < 1.29 is 4.74 Å². The van der Waals surface area contributed by atoms with E-state index < -0.39 is 0 Å². The number of hydrogen-bond donors (Lipinski definition) is 1. The quantitative estimate of drug-likeness (QED) is 0.780. The topological polar surface area (TPSA) is 24.5 Å². The molecular formula is C18H36N2O. The Morgan fingerprint density at radius 1 is 1.19 bits per heavy atom. The summed E-state index contributed by atoms with van der Waals surface area (Å²) in [5.41, 5.74) is 0.613. The third-order valence-electron chi connectivity index (χ3n) is 5.29. The van der Waals surface area contributed by atoms with Gasteiger partial charge in [0.2, 0.25) is 0 Å². The molecule has 1 aliphatic heterocycles.